The molecule has 184 valence electrons. The maximum atomic E-state index is 13.0. The highest BCUT2D eigenvalue weighted by Gasteiger charge is 2.54. The number of anilines is 1. The maximum absolute atomic E-state index is 13.0. The number of carbonyl (C=O) groups excluding carboxylic acids is 2. The number of carboxylic acids is 1. The van der Waals surface area contributed by atoms with Gasteiger partial charge in [-0.05, 0) is 6.07 Å². The molecule has 1 unspecified atom stereocenters. The van der Waals surface area contributed by atoms with E-state index in [2.05, 4.69) is 19.8 Å². The van der Waals surface area contributed by atoms with Crippen LogP contribution >= 0.6 is 23.3 Å². The molecule has 1 saturated heterocycles. The molecule has 2 aliphatic rings. The molecule has 4 N–H and O–H groups in total. The average Bonchev–Trinajstić information content (AvgIpc) is 3.26. The third-order valence-corrected chi connectivity index (χ3v) is 7.07. The zero-order chi connectivity index (χ0) is 25.1. The van der Waals surface area contributed by atoms with Gasteiger partial charge in [-0.1, -0.05) is 5.16 Å². The molecule has 4 heterocycles. The molecule has 2 aliphatic heterocycles. The number of nitrogens with two attached hydrogens (primary N) is 1. The standard InChI is InChI=1S/C20H21N7O6S2/c1-32-8-10-4-3-5-26(6-10)7-11-9-34-18-13(17(29)27(18)14(11)19(30)31)22-16(28)12(24-33-2)15-23-20(21)35-25-15/h3-6,13,18H,7-9H2,1-2H3,(H3-,21,22,23,25,28,30,31)/p+1/t13?,18-/m1/s1. The van der Waals surface area contributed by atoms with Crippen molar-refractivity contribution in [1.82, 2.24) is 19.6 Å². The van der Waals surface area contributed by atoms with Gasteiger partial charge < -0.3 is 25.7 Å². The summed E-state index contributed by atoms with van der Waals surface area (Å²) >= 11 is 2.25. The predicted molar refractivity (Wildman–Crippen MR) is 125 cm³/mol. The molecule has 0 radical (unpaired) electrons. The van der Waals surface area contributed by atoms with Crippen molar-refractivity contribution < 1.29 is 33.6 Å². The minimum atomic E-state index is -1.21. The predicted octanol–water partition coefficient (Wildman–Crippen LogP) is -0.656. The van der Waals surface area contributed by atoms with Gasteiger partial charge in [0.15, 0.2) is 24.1 Å². The lowest BCUT2D eigenvalue weighted by molar-refractivity contribution is -0.689. The van der Waals surface area contributed by atoms with Gasteiger partial charge in [-0.25, -0.2) is 9.36 Å². The van der Waals surface area contributed by atoms with Crippen LogP contribution in [0.3, 0.4) is 0 Å². The van der Waals surface area contributed by atoms with E-state index in [0.29, 0.717) is 24.5 Å². The lowest BCUT2D eigenvalue weighted by Crippen LogP contribution is -2.71. The van der Waals surface area contributed by atoms with Gasteiger partial charge in [0.05, 0.1) is 6.61 Å². The molecular formula is C20H22N7O6S2+. The number of aromatic nitrogens is 3. The van der Waals surface area contributed by atoms with Crippen LogP contribution in [0.2, 0.25) is 0 Å². The number of carbonyl (C=O) groups is 3. The van der Waals surface area contributed by atoms with Crippen molar-refractivity contribution in [2.75, 3.05) is 25.7 Å². The number of amides is 2. The van der Waals surface area contributed by atoms with Crippen LogP contribution in [0.4, 0.5) is 5.13 Å². The summed E-state index contributed by atoms with van der Waals surface area (Å²) in [6.07, 6.45) is 3.68. The number of nitrogen functional groups attached to an aromatic ring is 1. The van der Waals surface area contributed by atoms with Crippen molar-refractivity contribution in [2.45, 2.75) is 24.6 Å². The number of rotatable bonds is 9. The van der Waals surface area contributed by atoms with E-state index < -0.39 is 29.2 Å². The number of carboxylic acid groups (broad SMARTS) is 1. The second-order valence-electron chi connectivity index (χ2n) is 7.51. The number of aliphatic carboxylic acids is 1. The minimum Gasteiger partial charge on any atom is -0.477 e. The highest BCUT2D eigenvalue weighted by Crippen LogP contribution is 2.40. The van der Waals surface area contributed by atoms with Crippen LogP contribution in [-0.2, 0) is 37.1 Å². The Morgan fingerprint density at radius 1 is 1.43 bits per heavy atom. The number of nitrogens with zero attached hydrogens (tertiary/aromatic N) is 5. The molecule has 35 heavy (non-hydrogen) atoms. The Bertz CT molecular complexity index is 1230. The summed E-state index contributed by atoms with van der Waals surface area (Å²) in [6, 6.07) is 2.80. The molecule has 0 spiro atoms. The van der Waals surface area contributed by atoms with Crippen molar-refractivity contribution in [3.63, 3.8) is 0 Å². The molecule has 4 rings (SSSR count). The summed E-state index contributed by atoms with van der Waals surface area (Å²) < 4.78 is 10.9. The lowest BCUT2D eigenvalue weighted by Gasteiger charge is -2.49. The Hall–Kier alpha value is -3.56. The Balaban J connectivity index is 1.52. The Morgan fingerprint density at radius 3 is 2.89 bits per heavy atom. The number of thioether (sulfide) groups is 1. The van der Waals surface area contributed by atoms with E-state index in [1.54, 1.807) is 7.11 Å². The first kappa shape index (κ1) is 24.6. The van der Waals surface area contributed by atoms with Gasteiger partial charge in [0, 0.05) is 41.6 Å². The minimum absolute atomic E-state index is 0.0343. The van der Waals surface area contributed by atoms with Crippen LogP contribution in [-0.4, -0.2) is 74.2 Å². The first-order valence-corrected chi connectivity index (χ1v) is 12.0. The van der Waals surface area contributed by atoms with Crippen LogP contribution in [0.1, 0.15) is 11.4 Å². The number of pyridine rings is 1. The molecule has 13 nitrogen and oxygen atoms in total. The van der Waals surface area contributed by atoms with Crippen LogP contribution in [0.15, 0.2) is 41.0 Å². The molecule has 2 aromatic heterocycles. The number of methoxy groups -OCH3 is 1. The summed E-state index contributed by atoms with van der Waals surface area (Å²) in [5.41, 5.74) is 6.78. The van der Waals surface area contributed by atoms with Crippen molar-refractivity contribution in [2.24, 2.45) is 5.16 Å². The number of hydrogen-bond acceptors (Lipinski definition) is 11. The van der Waals surface area contributed by atoms with Crippen molar-refractivity contribution in [1.29, 1.82) is 0 Å². The second kappa shape index (κ2) is 10.4. The van der Waals surface area contributed by atoms with E-state index in [9.17, 15) is 19.5 Å². The van der Waals surface area contributed by atoms with Gasteiger partial charge in [-0.15, -0.1) is 11.8 Å². The van der Waals surface area contributed by atoms with E-state index >= 15 is 0 Å². The van der Waals surface area contributed by atoms with Gasteiger partial charge in [0.1, 0.15) is 24.2 Å². The lowest BCUT2D eigenvalue weighted by atomic mass is 10.0. The van der Waals surface area contributed by atoms with Crippen LogP contribution in [0, 0.1) is 0 Å². The van der Waals surface area contributed by atoms with Gasteiger partial charge >= 0.3 is 5.97 Å². The van der Waals surface area contributed by atoms with Gasteiger partial charge in [0.25, 0.3) is 11.8 Å². The number of nitrogens with one attached hydrogen (secondary N) is 1. The van der Waals surface area contributed by atoms with Gasteiger partial charge in [-0.3, -0.25) is 14.5 Å². The molecule has 0 aromatic carbocycles. The average molecular weight is 521 g/mol. The molecule has 0 saturated carbocycles. The molecule has 0 bridgehead atoms. The third-order valence-electron chi connectivity index (χ3n) is 5.19. The van der Waals surface area contributed by atoms with Crippen LogP contribution < -0.4 is 15.6 Å². The topological polar surface area (TPSA) is 173 Å². The molecule has 2 aromatic rings. The Labute approximate surface area is 207 Å². The van der Waals surface area contributed by atoms with Crippen LogP contribution in [0.25, 0.3) is 0 Å². The van der Waals surface area contributed by atoms with E-state index in [1.807, 2.05) is 29.1 Å². The first-order valence-electron chi connectivity index (χ1n) is 10.2. The number of β-lactam (4-membered cyclic amide) rings is 1. The molecule has 0 aliphatic carbocycles. The fourth-order valence-corrected chi connectivity index (χ4v) is 5.54. The van der Waals surface area contributed by atoms with Crippen molar-refractivity contribution in [3.8, 4) is 0 Å². The summed E-state index contributed by atoms with van der Waals surface area (Å²) in [5, 5.41) is 15.7. The van der Waals surface area contributed by atoms with Crippen LogP contribution in [0.5, 0.6) is 0 Å². The number of fused-ring (bicyclic) bond motifs is 1. The SMILES string of the molecule is COCc1ccc[n+](CC2=C(C(=O)O)N3C(=O)C(NC(=O)C(=NOC)c4nsc(N)n4)[C@H]3SC2)c1. The largest absolute Gasteiger partial charge is 0.477 e. The molecule has 2 atom stereocenters. The highest BCUT2D eigenvalue weighted by molar-refractivity contribution is 8.00. The zero-order valence-electron chi connectivity index (χ0n) is 18.7. The monoisotopic (exact) mass is 520 g/mol. The Morgan fingerprint density at radius 2 is 2.23 bits per heavy atom. The highest BCUT2D eigenvalue weighted by atomic mass is 32.2. The molecule has 15 heteroatoms. The van der Waals surface area contributed by atoms with E-state index in [1.165, 1.54) is 23.8 Å². The fourth-order valence-electron chi connectivity index (χ4n) is 3.77. The van der Waals surface area contributed by atoms with E-state index in [0.717, 1.165) is 17.1 Å². The van der Waals surface area contributed by atoms with Crippen molar-refractivity contribution in [3.05, 3.63) is 47.2 Å². The smallest absolute Gasteiger partial charge is 0.352 e. The van der Waals surface area contributed by atoms with E-state index in [-0.39, 0.29) is 22.4 Å². The summed E-state index contributed by atoms with van der Waals surface area (Å²) in [5.74, 6) is -2.15. The Kier molecular flexibility index (Phi) is 7.28. The number of oxime groups is 1. The fraction of sp³-hybridized carbons (Fsp3) is 0.350. The first-order chi connectivity index (χ1) is 16.8. The molecule has 1 fully saturated rings. The zero-order valence-corrected chi connectivity index (χ0v) is 20.3. The number of hydrogen-bond donors (Lipinski definition) is 3. The molecule has 2 amide bonds. The second-order valence-corrected chi connectivity index (χ2v) is 9.40. The number of ether oxygens (including phenoxy) is 1. The quantitative estimate of drug-likeness (QED) is 0.167. The summed E-state index contributed by atoms with van der Waals surface area (Å²) in [6.45, 7) is 0.715. The van der Waals surface area contributed by atoms with E-state index in [4.69, 9.17) is 15.3 Å². The normalized spacial score (nSPS) is 19.8. The molecular weight excluding hydrogens is 498 g/mol. The maximum Gasteiger partial charge on any atom is 0.352 e. The summed E-state index contributed by atoms with van der Waals surface area (Å²) in [4.78, 5) is 47.7. The summed E-state index contributed by atoms with van der Waals surface area (Å²) in [7, 11) is 2.85. The van der Waals surface area contributed by atoms with Crippen molar-refractivity contribution >= 4 is 51.9 Å². The van der Waals surface area contributed by atoms with Gasteiger partial charge in [0.2, 0.25) is 11.5 Å². The van der Waals surface area contributed by atoms with Gasteiger partial charge in [-0.2, -0.15) is 9.36 Å². The third kappa shape index (κ3) is 4.96.